The average molecular weight is 218 g/mol. The summed E-state index contributed by atoms with van der Waals surface area (Å²) in [5.41, 5.74) is 3.37. The van der Waals surface area contributed by atoms with Crippen LogP contribution < -0.4 is 0 Å². The van der Waals surface area contributed by atoms with E-state index in [1.165, 1.54) is 5.69 Å². The maximum Gasteiger partial charge on any atom is 0.0955 e. The van der Waals surface area contributed by atoms with E-state index in [0.717, 1.165) is 17.9 Å². The van der Waals surface area contributed by atoms with Crippen LogP contribution >= 0.6 is 0 Å². The van der Waals surface area contributed by atoms with Gasteiger partial charge in [-0.05, 0) is 33.8 Å². The Morgan fingerprint density at radius 3 is 2.56 bits per heavy atom. The maximum atomic E-state index is 4.52. The van der Waals surface area contributed by atoms with E-state index < -0.39 is 0 Å². The lowest BCUT2D eigenvalue weighted by Crippen LogP contribution is -2.05. The van der Waals surface area contributed by atoms with Crippen molar-refractivity contribution in [2.75, 3.05) is 0 Å². The van der Waals surface area contributed by atoms with Crippen molar-refractivity contribution in [2.45, 2.75) is 40.3 Å². The van der Waals surface area contributed by atoms with Crippen LogP contribution in [0.2, 0.25) is 0 Å². The van der Waals surface area contributed by atoms with Crippen LogP contribution in [0.25, 0.3) is 0 Å². The van der Waals surface area contributed by atoms with Crippen LogP contribution in [-0.4, -0.2) is 19.3 Å². The van der Waals surface area contributed by atoms with Gasteiger partial charge < -0.3 is 4.57 Å². The Morgan fingerprint density at radius 1 is 1.31 bits per heavy atom. The van der Waals surface area contributed by atoms with E-state index in [0.29, 0.717) is 6.04 Å². The molecule has 0 aliphatic heterocycles. The molecule has 0 spiro atoms. The minimum Gasteiger partial charge on any atom is -0.329 e. The predicted octanol–water partition coefficient (Wildman–Crippen LogP) is 2.33. The van der Waals surface area contributed by atoms with Gasteiger partial charge in [0.05, 0.1) is 24.3 Å². The number of aromatic nitrogens is 4. The summed E-state index contributed by atoms with van der Waals surface area (Å²) in [5.74, 6) is 0. The monoisotopic (exact) mass is 218 g/mol. The topological polar surface area (TPSA) is 35.6 Å². The van der Waals surface area contributed by atoms with E-state index >= 15 is 0 Å². The second-order valence-corrected chi connectivity index (χ2v) is 4.42. The molecular formula is C12H18N4. The van der Waals surface area contributed by atoms with Crippen LogP contribution in [0.3, 0.4) is 0 Å². The minimum atomic E-state index is 0.416. The second kappa shape index (κ2) is 4.12. The standard InChI is InChI=1S/C12H18N4/c1-9(2)16-6-5-12(14-16)7-15-8-13-10(3)11(15)4/h5-6,8-9H,7H2,1-4H3. The summed E-state index contributed by atoms with van der Waals surface area (Å²) >= 11 is 0. The van der Waals surface area contributed by atoms with E-state index in [2.05, 4.69) is 41.5 Å². The van der Waals surface area contributed by atoms with E-state index in [1.807, 2.05) is 24.1 Å². The number of hydrogen-bond acceptors (Lipinski definition) is 2. The molecule has 0 aromatic carbocycles. The molecule has 0 saturated carbocycles. The van der Waals surface area contributed by atoms with Crippen molar-refractivity contribution in [1.82, 2.24) is 19.3 Å². The number of rotatable bonds is 3. The van der Waals surface area contributed by atoms with Crippen LogP contribution in [0.15, 0.2) is 18.6 Å². The van der Waals surface area contributed by atoms with Gasteiger partial charge in [0.15, 0.2) is 0 Å². The van der Waals surface area contributed by atoms with Crippen molar-refractivity contribution in [2.24, 2.45) is 0 Å². The molecule has 0 radical (unpaired) electrons. The smallest absolute Gasteiger partial charge is 0.0955 e. The van der Waals surface area contributed by atoms with Crippen molar-refractivity contribution in [3.8, 4) is 0 Å². The summed E-state index contributed by atoms with van der Waals surface area (Å²) in [6.07, 6.45) is 3.90. The maximum absolute atomic E-state index is 4.52. The lowest BCUT2D eigenvalue weighted by Gasteiger charge is -2.05. The molecular weight excluding hydrogens is 200 g/mol. The average Bonchev–Trinajstić information content (AvgIpc) is 2.81. The lowest BCUT2D eigenvalue weighted by molar-refractivity contribution is 0.523. The molecule has 0 unspecified atom stereocenters. The summed E-state index contributed by atoms with van der Waals surface area (Å²) in [6.45, 7) is 9.17. The molecule has 2 aromatic heterocycles. The molecule has 2 rings (SSSR count). The predicted molar refractivity (Wildman–Crippen MR) is 63.4 cm³/mol. The lowest BCUT2D eigenvalue weighted by atomic mass is 10.3. The van der Waals surface area contributed by atoms with Gasteiger partial charge in [-0.1, -0.05) is 0 Å². The SMILES string of the molecule is Cc1ncn(Cc2ccn(C(C)C)n2)c1C. The van der Waals surface area contributed by atoms with Gasteiger partial charge in [-0.3, -0.25) is 4.68 Å². The fraction of sp³-hybridized carbons (Fsp3) is 0.500. The van der Waals surface area contributed by atoms with Crippen molar-refractivity contribution < 1.29 is 0 Å². The number of imidazole rings is 1. The van der Waals surface area contributed by atoms with Crippen LogP contribution in [0.4, 0.5) is 0 Å². The molecule has 4 nitrogen and oxygen atoms in total. The molecule has 2 aromatic rings. The first kappa shape index (κ1) is 10.9. The summed E-state index contributed by atoms with van der Waals surface area (Å²) in [6, 6.07) is 2.48. The molecule has 0 aliphatic carbocycles. The van der Waals surface area contributed by atoms with Gasteiger partial charge in [-0.15, -0.1) is 0 Å². The molecule has 0 N–H and O–H groups in total. The normalized spacial score (nSPS) is 11.3. The zero-order valence-electron chi connectivity index (χ0n) is 10.3. The van der Waals surface area contributed by atoms with Gasteiger partial charge in [0, 0.05) is 17.9 Å². The highest BCUT2D eigenvalue weighted by atomic mass is 15.3. The largest absolute Gasteiger partial charge is 0.329 e. The Hall–Kier alpha value is -1.58. The molecule has 16 heavy (non-hydrogen) atoms. The summed E-state index contributed by atoms with van der Waals surface area (Å²) < 4.78 is 4.11. The Morgan fingerprint density at radius 2 is 2.06 bits per heavy atom. The van der Waals surface area contributed by atoms with Crippen molar-refractivity contribution in [1.29, 1.82) is 0 Å². The Kier molecular flexibility index (Phi) is 2.81. The number of nitrogens with zero attached hydrogens (tertiary/aromatic N) is 4. The highest BCUT2D eigenvalue weighted by molar-refractivity contribution is 5.11. The van der Waals surface area contributed by atoms with Crippen molar-refractivity contribution in [3.05, 3.63) is 35.7 Å². The third-order valence-corrected chi connectivity index (χ3v) is 2.87. The van der Waals surface area contributed by atoms with Crippen LogP contribution in [0.5, 0.6) is 0 Å². The molecule has 0 bridgehead atoms. The van der Waals surface area contributed by atoms with Crippen molar-refractivity contribution >= 4 is 0 Å². The second-order valence-electron chi connectivity index (χ2n) is 4.42. The zero-order valence-corrected chi connectivity index (χ0v) is 10.3. The van der Waals surface area contributed by atoms with E-state index in [4.69, 9.17) is 0 Å². The first-order chi connectivity index (χ1) is 7.58. The van der Waals surface area contributed by atoms with Gasteiger partial charge in [-0.2, -0.15) is 5.10 Å². The molecule has 2 heterocycles. The van der Waals surface area contributed by atoms with Gasteiger partial charge in [-0.25, -0.2) is 4.98 Å². The quantitative estimate of drug-likeness (QED) is 0.792. The molecule has 0 fully saturated rings. The van der Waals surface area contributed by atoms with Gasteiger partial charge in [0.2, 0.25) is 0 Å². The minimum absolute atomic E-state index is 0.416. The number of aryl methyl sites for hydroxylation is 1. The summed E-state index contributed by atoms with van der Waals surface area (Å²) in [7, 11) is 0. The van der Waals surface area contributed by atoms with Crippen LogP contribution in [-0.2, 0) is 6.54 Å². The molecule has 0 aliphatic rings. The van der Waals surface area contributed by atoms with E-state index in [1.54, 1.807) is 0 Å². The Labute approximate surface area is 95.9 Å². The number of hydrogen-bond donors (Lipinski definition) is 0. The highest BCUT2D eigenvalue weighted by Crippen LogP contribution is 2.09. The molecule has 0 saturated heterocycles. The van der Waals surface area contributed by atoms with Gasteiger partial charge in [0.1, 0.15) is 0 Å². The molecule has 0 atom stereocenters. The van der Waals surface area contributed by atoms with Gasteiger partial charge >= 0.3 is 0 Å². The van der Waals surface area contributed by atoms with Gasteiger partial charge in [0.25, 0.3) is 0 Å². The zero-order chi connectivity index (χ0) is 11.7. The molecule has 0 amide bonds. The third kappa shape index (κ3) is 2.01. The molecule has 86 valence electrons. The Bertz CT molecular complexity index is 479. The summed E-state index contributed by atoms with van der Waals surface area (Å²) in [4.78, 5) is 4.28. The van der Waals surface area contributed by atoms with Crippen molar-refractivity contribution in [3.63, 3.8) is 0 Å². The third-order valence-electron chi connectivity index (χ3n) is 2.87. The first-order valence-corrected chi connectivity index (χ1v) is 5.60. The van der Waals surface area contributed by atoms with Crippen LogP contribution in [0, 0.1) is 13.8 Å². The van der Waals surface area contributed by atoms with E-state index in [-0.39, 0.29) is 0 Å². The summed E-state index contributed by atoms with van der Waals surface area (Å²) in [5, 5.41) is 4.52. The highest BCUT2D eigenvalue weighted by Gasteiger charge is 2.06. The first-order valence-electron chi connectivity index (χ1n) is 5.60. The van der Waals surface area contributed by atoms with E-state index in [9.17, 15) is 0 Å². The van der Waals surface area contributed by atoms with Crippen LogP contribution in [0.1, 0.15) is 37.0 Å². The Balaban J connectivity index is 2.17. The fourth-order valence-electron chi connectivity index (χ4n) is 1.63. The molecule has 4 heteroatoms. The fourth-order valence-corrected chi connectivity index (χ4v) is 1.63.